The molecule has 0 aliphatic rings. The van der Waals surface area contributed by atoms with Gasteiger partial charge in [-0.05, 0) is 24.6 Å². The quantitative estimate of drug-likeness (QED) is 0.613. The molecule has 100 valence electrons. The Morgan fingerprint density at radius 1 is 1.32 bits per heavy atom. The number of phenols is 1. The summed E-state index contributed by atoms with van der Waals surface area (Å²) >= 11 is 0. The molecular weight excluding hydrogens is 248 g/mol. The van der Waals surface area contributed by atoms with Gasteiger partial charge in [-0.2, -0.15) is 0 Å². The van der Waals surface area contributed by atoms with Crippen LogP contribution in [-0.2, 0) is 4.79 Å². The van der Waals surface area contributed by atoms with Crippen LogP contribution in [0.1, 0.15) is 23.3 Å². The molecule has 1 amide bonds. The summed E-state index contributed by atoms with van der Waals surface area (Å²) in [5, 5.41) is 21.3. The lowest BCUT2D eigenvalue weighted by atomic mass is 10.2. The van der Waals surface area contributed by atoms with Crippen LogP contribution in [-0.4, -0.2) is 33.6 Å². The highest BCUT2D eigenvalue weighted by atomic mass is 16.4. The van der Waals surface area contributed by atoms with Crippen LogP contribution in [0.2, 0.25) is 0 Å². The average Bonchev–Trinajstić information content (AvgIpc) is 2.79. The number of aliphatic carboxylic acids is 1. The number of rotatable bonds is 5. The van der Waals surface area contributed by atoms with E-state index in [0.717, 1.165) is 0 Å². The van der Waals surface area contributed by atoms with Gasteiger partial charge in [0.25, 0.3) is 5.91 Å². The van der Waals surface area contributed by atoms with Gasteiger partial charge in [-0.25, -0.2) is 0 Å². The number of hydrogen-bond acceptors (Lipinski definition) is 3. The molecule has 0 bridgehead atoms. The average molecular weight is 262 g/mol. The number of benzene rings is 1. The summed E-state index contributed by atoms with van der Waals surface area (Å²) in [6, 6.07) is 6.56. The second-order valence-corrected chi connectivity index (χ2v) is 4.17. The second-order valence-electron chi connectivity index (χ2n) is 4.17. The predicted molar refractivity (Wildman–Crippen MR) is 69.2 cm³/mol. The molecule has 2 rings (SSSR count). The normalized spacial score (nSPS) is 10.5. The molecule has 0 saturated carbocycles. The molecule has 1 heterocycles. The van der Waals surface area contributed by atoms with Crippen LogP contribution in [0.25, 0.3) is 10.9 Å². The molecule has 0 unspecified atom stereocenters. The molecule has 1 aromatic heterocycles. The number of carboxylic acids is 1. The largest absolute Gasteiger partial charge is 0.507 e. The Labute approximate surface area is 109 Å². The third kappa shape index (κ3) is 3.04. The van der Waals surface area contributed by atoms with Crippen LogP contribution < -0.4 is 5.32 Å². The van der Waals surface area contributed by atoms with Gasteiger partial charge in [-0.15, -0.1) is 0 Å². The molecule has 19 heavy (non-hydrogen) atoms. The molecule has 6 heteroatoms. The molecule has 0 aliphatic carbocycles. The Bertz CT molecular complexity index is 618. The van der Waals surface area contributed by atoms with Crippen molar-refractivity contribution in [3.05, 3.63) is 30.0 Å². The zero-order valence-electron chi connectivity index (χ0n) is 10.1. The Morgan fingerprint density at radius 3 is 2.79 bits per heavy atom. The zero-order chi connectivity index (χ0) is 13.8. The van der Waals surface area contributed by atoms with E-state index in [2.05, 4.69) is 10.3 Å². The third-order valence-electron chi connectivity index (χ3n) is 2.74. The maximum Gasteiger partial charge on any atom is 0.303 e. The molecule has 0 atom stereocenters. The first-order chi connectivity index (χ1) is 9.08. The Morgan fingerprint density at radius 2 is 2.11 bits per heavy atom. The van der Waals surface area contributed by atoms with E-state index in [1.54, 1.807) is 24.3 Å². The molecule has 2 aromatic rings. The van der Waals surface area contributed by atoms with Crippen molar-refractivity contribution in [1.29, 1.82) is 0 Å². The number of aromatic nitrogens is 1. The minimum Gasteiger partial charge on any atom is -0.507 e. The number of H-pyrrole nitrogens is 1. The van der Waals surface area contributed by atoms with E-state index in [4.69, 9.17) is 5.11 Å². The zero-order valence-corrected chi connectivity index (χ0v) is 10.1. The lowest BCUT2D eigenvalue weighted by Gasteiger charge is -2.01. The molecule has 0 spiro atoms. The summed E-state index contributed by atoms with van der Waals surface area (Å²) in [6.07, 6.45) is 0.403. The lowest BCUT2D eigenvalue weighted by Crippen LogP contribution is -2.25. The fourth-order valence-corrected chi connectivity index (χ4v) is 1.80. The van der Waals surface area contributed by atoms with Gasteiger partial charge in [0.05, 0.1) is 0 Å². The number of aromatic hydroxyl groups is 1. The van der Waals surface area contributed by atoms with E-state index in [9.17, 15) is 14.7 Å². The van der Waals surface area contributed by atoms with Crippen LogP contribution in [0, 0.1) is 0 Å². The molecular formula is C13H14N2O4. The van der Waals surface area contributed by atoms with Crippen molar-refractivity contribution in [1.82, 2.24) is 10.3 Å². The third-order valence-corrected chi connectivity index (χ3v) is 2.74. The first-order valence-electron chi connectivity index (χ1n) is 5.88. The number of amides is 1. The van der Waals surface area contributed by atoms with Gasteiger partial charge in [-0.1, -0.05) is 6.07 Å². The van der Waals surface area contributed by atoms with Crippen molar-refractivity contribution in [2.45, 2.75) is 12.8 Å². The molecule has 6 nitrogen and oxygen atoms in total. The van der Waals surface area contributed by atoms with Gasteiger partial charge in [0.2, 0.25) is 0 Å². The Hall–Kier alpha value is -2.50. The number of carbonyl (C=O) groups excluding carboxylic acids is 1. The van der Waals surface area contributed by atoms with Crippen molar-refractivity contribution in [2.75, 3.05) is 6.54 Å². The topological polar surface area (TPSA) is 102 Å². The maximum atomic E-state index is 11.8. The van der Waals surface area contributed by atoms with Crippen LogP contribution in [0.15, 0.2) is 24.3 Å². The number of carbonyl (C=O) groups is 2. The molecule has 0 saturated heterocycles. The van der Waals surface area contributed by atoms with Crippen LogP contribution in [0.5, 0.6) is 5.75 Å². The van der Waals surface area contributed by atoms with Crippen LogP contribution in [0.4, 0.5) is 0 Å². The van der Waals surface area contributed by atoms with Crippen molar-refractivity contribution in [3.63, 3.8) is 0 Å². The fraction of sp³-hybridized carbons (Fsp3) is 0.231. The highest BCUT2D eigenvalue weighted by Crippen LogP contribution is 2.24. The van der Waals surface area contributed by atoms with E-state index >= 15 is 0 Å². The summed E-state index contributed by atoms with van der Waals surface area (Å²) in [5.41, 5.74) is 1.02. The number of hydrogen-bond donors (Lipinski definition) is 4. The standard InChI is InChI=1S/C13H14N2O4/c16-11-4-1-3-9-8(11)7-10(15-9)13(19)14-6-2-5-12(17)18/h1,3-4,7,15-16H,2,5-6H2,(H,14,19)(H,17,18). The van der Waals surface area contributed by atoms with Gasteiger partial charge in [-0.3, -0.25) is 9.59 Å². The number of phenolic OH excluding ortho intramolecular Hbond substituents is 1. The highest BCUT2D eigenvalue weighted by Gasteiger charge is 2.10. The van der Waals surface area contributed by atoms with E-state index in [1.165, 1.54) is 0 Å². The summed E-state index contributed by atoms with van der Waals surface area (Å²) in [6.45, 7) is 0.298. The maximum absolute atomic E-state index is 11.8. The van der Waals surface area contributed by atoms with Crippen LogP contribution in [0.3, 0.4) is 0 Å². The van der Waals surface area contributed by atoms with Gasteiger partial charge in [0.15, 0.2) is 0 Å². The number of carboxylic acid groups (broad SMARTS) is 1. The molecule has 1 aromatic carbocycles. The monoisotopic (exact) mass is 262 g/mol. The van der Waals surface area contributed by atoms with E-state index < -0.39 is 5.97 Å². The number of fused-ring (bicyclic) bond motifs is 1. The first kappa shape index (κ1) is 12.9. The highest BCUT2D eigenvalue weighted by molar-refractivity contribution is 5.99. The van der Waals surface area contributed by atoms with Crippen LogP contribution >= 0.6 is 0 Å². The smallest absolute Gasteiger partial charge is 0.303 e. The summed E-state index contributed by atoms with van der Waals surface area (Å²) in [7, 11) is 0. The molecule has 0 fully saturated rings. The first-order valence-corrected chi connectivity index (χ1v) is 5.88. The molecule has 4 N–H and O–H groups in total. The Balaban J connectivity index is 2.01. The van der Waals surface area contributed by atoms with E-state index in [0.29, 0.717) is 29.6 Å². The lowest BCUT2D eigenvalue weighted by molar-refractivity contribution is -0.137. The van der Waals surface area contributed by atoms with Crippen molar-refractivity contribution in [2.24, 2.45) is 0 Å². The predicted octanol–water partition coefficient (Wildman–Crippen LogP) is 1.47. The fourth-order valence-electron chi connectivity index (χ4n) is 1.80. The second kappa shape index (κ2) is 5.43. The van der Waals surface area contributed by atoms with Gasteiger partial charge < -0.3 is 20.5 Å². The number of nitrogens with one attached hydrogen (secondary N) is 2. The van der Waals surface area contributed by atoms with Crippen molar-refractivity contribution < 1.29 is 19.8 Å². The minimum atomic E-state index is -0.884. The summed E-state index contributed by atoms with van der Waals surface area (Å²) < 4.78 is 0. The minimum absolute atomic E-state index is 0.0216. The van der Waals surface area contributed by atoms with Gasteiger partial charge >= 0.3 is 5.97 Å². The molecule has 0 radical (unpaired) electrons. The van der Waals surface area contributed by atoms with Gasteiger partial charge in [0, 0.05) is 23.9 Å². The number of aromatic amines is 1. The van der Waals surface area contributed by atoms with E-state index in [-0.39, 0.29) is 18.1 Å². The van der Waals surface area contributed by atoms with E-state index in [1.807, 2.05) is 0 Å². The summed E-state index contributed by atoms with van der Waals surface area (Å²) in [4.78, 5) is 25.0. The Kier molecular flexibility index (Phi) is 3.70. The van der Waals surface area contributed by atoms with Crippen molar-refractivity contribution >= 4 is 22.8 Å². The SMILES string of the molecule is O=C(O)CCCNC(=O)c1cc2c(O)cccc2[nH]1. The molecule has 0 aliphatic heterocycles. The van der Waals surface area contributed by atoms with Crippen molar-refractivity contribution in [3.8, 4) is 5.75 Å². The summed E-state index contributed by atoms with van der Waals surface area (Å²) in [5.74, 6) is -1.09. The van der Waals surface area contributed by atoms with Gasteiger partial charge in [0.1, 0.15) is 11.4 Å².